The zero-order chi connectivity index (χ0) is 30.2. The highest BCUT2D eigenvalue weighted by Gasteiger charge is 2.49. The van der Waals surface area contributed by atoms with Crippen LogP contribution in [0.3, 0.4) is 0 Å². The van der Waals surface area contributed by atoms with Crippen LogP contribution in [0.5, 0.6) is 11.8 Å². The molecular formula is C35H39F2N5O2. The summed E-state index contributed by atoms with van der Waals surface area (Å²) in [5.74, 6) is 0.765. The molecule has 5 heterocycles. The number of nitrogens with zero attached hydrogens (tertiary/aromatic N) is 4. The number of piperazine rings is 1. The Kier molecular flexibility index (Phi) is 6.68. The van der Waals surface area contributed by atoms with E-state index in [1.807, 2.05) is 13.8 Å². The van der Waals surface area contributed by atoms with Gasteiger partial charge in [0.25, 0.3) is 0 Å². The molecule has 2 N–H and O–H groups in total. The largest absolute Gasteiger partial charge is 0.508 e. The van der Waals surface area contributed by atoms with Gasteiger partial charge in [-0.15, -0.1) is 0 Å². The highest BCUT2D eigenvalue weighted by atomic mass is 19.1. The number of halogens is 2. The number of alkyl halides is 1. The van der Waals surface area contributed by atoms with Gasteiger partial charge in [0, 0.05) is 43.5 Å². The number of aryl methyl sites for hydroxylation is 2. The molecule has 9 heteroatoms. The van der Waals surface area contributed by atoms with Crippen molar-refractivity contribution in [1.29, 1.82) is 0 Å². The Hall–Kier alpha value is -3.56. The lowest BCUT2D eigenvalue weighted by molar-refractivity contribution is 0.107. The molecule has 3 aromatic carbocycles. The van der Waals surface area contributed by atoms with Crippen LogP contribution in [0.1, 0.15) is 50.2 Å². The first-order valence-electron chi connectivity index (χ1n) is 16.1. The summed E-state index contributed by atoms with van der Waals surface area (Å²) >= 11 is 0. The van der Waals surface area contributed by atoms with Crippen molar-refractivity contribution in [2.45, 2.75) is 76.2 Å². The highest BCUT2D eigenvalue weighted by molar-refractivity contribution is 6.04. The third kappa shape index (κ3) is 4.34. The van der Waals surface area contributed by atoms with Gasteiger partial charge in [-0.05, 0) is 103 Å². The molecule has 4 atom stereocenters. The van der Waals surface area contributed by atoms with Crippen LogP contribution in [0, 0.1) is 12.7 Å². The van der Waals surface area contributed by atoms with E-state index in [-0.39, 0.29) is 17.1 Å². The van der Waals surface area contributed by atoms with Crippen molar-refractivity contribution in [3.63, 3.8) is 0 Å². The van der Waals surface area contributed by atoms with Crippen LogP contribution in [0.25, 0.3) is 32.8 Å². The molecule has 0 radical (unpaired) electrons. The van der Waals surface area contributed by atoms with Crippen LogP contribution in [-0.4, -0.2) is 76.6 Å². The zero-order valence-electron chi connectivity index (χ0n) is 25.4. The fraction of sp³-hybridized carbons (Fsp3) is 0.486. The summed E-state index contributed by atoms with van der Waals surface area (Å²) in [6, 6.07) is 11.8. The molecule has 0 unspecified atom stereocenters. The van der Waals surface area contributed by atoms with Crippen LogP contribution < -0.4 is 15.0 Å². The standard InChI is InChI=1S/C35H39F2N5O2/c1-3-26-30(37)10-5-21-13-25(43)14-29(31(21)26)27-8-9-28-32(20(27)2)39-34(40-33(28)42-23-6-7-24(42)17-38-16-23)44-19-35-11-4-12-41(35)18-22(36)15-35/h5,8-10,13-14,22-24,38,43H,3-4,6-7,11-12,15-19H2,1-2H3/t22-,23-,24+,35+/m1/s1. The maximum atomic E-state index is 15.1. The number of hydrogen-bond acceptors (Lipinski definition) is 7. The van der Waals surface area contributed by atoms with Gasteiger partial charge >= 0.3 is 6.01 Å². The number of anilines is 1. The smallest absolute Gasteiger partial charge is 0.319 e. The molecule has 0 aliphatic carbocycles. The quantitative estimate of drug-likeness (QED) is 0.279. The number of aromatic nitrogens is 2. The average Bonchev–Trinajstić information content (AvgIpc) is 3.62. The minimum atomic E-state index is -0.830. The molecule has 4 saturated heterocycles. The lowest BCUT2D eigenvalue weighted by atomic mass is 9.90. The number of benzene rings is 3. The van der Waals surface area contributed by atoms with Gasteiger partial charge < -0.3 is 20.1 Å². The van der Waals surface area contributed by atoms with E-state index in [1.54, 1.807) is 18.2 Å². The van der Waals surface area contributed by atoms with Crippen molar-refractivity contribution in [1.82, 2.24) is 20.2 Å². The number of hydrogen-bond donors (Lipinski definition) is 2. The molecule has 44 heavy (non-hydrogen) atoms. The SMILES string of the molecule is CCc1c(F)ccc2cc(O)cc(-c3ccc4c(N5[C@@H]6CC[C@H]5CNC6)nc(OC[C@@]56CCCN5C[C@H](F)C6)nc4c3C)c12. The number of aromatic hydroxyl groups is 1. The number of phenols is 1. The van der Waals surface area contributed by atoms with Crippen LogP contribution in [0.15, 0.2) is 36.4 Å². The second-order valence-corrected chi connectivity index (χ2v) is 13.2. The van der Waals surface area contributed by atoms with Gasteiger partial charge in [-0.3, -0.25) is 4.90 Å². The fourth-order valence-corrected chi connectivity index (χ4v) is 8.68. The fourth-order valence-electron chi connectivity index (χ4n) is 8.68. The van der Waals surface area contributed by atoms with Crippen LogP contribution in [0.4, 0.5) is 14.6 Å². The number of fused-ring (bicyclic) bond motifs is 5. The number of rotatable bonds is 6. The van der Waals surface area contributed by atoms with Crippen molar-refractivity contribution < 1.29 is 18.6 Å². The maximum Gasteiger partial charge on any atom is 0.319 e. The first-order chi connectivity index (χ1) is 21.3. The Balaban J connectivity index is 1.29. The Morgan fingerprint density at radius 1 is 1.09 bits per heavy atom. The molecular weight excluding hydrogens is 560 g/mol. The van der Waals surface area contributed by atoms with E-state index in [0.717, 1.165) is 89.5 Å². The maximum absolute atomic E-state index is 15.1. The molecule has 4 aliphatic heterocycles. The summed E-state index contributed by atoms with van der Waals surface area (Å²) in [7, 11) is 0. The van der Waals surface area contributed by atoms with E-state index in [9.17, 15) is 9.50 Å². The van der Waals surface area contributed by atoms with Gasteiger partial charge in [0.05, 0.1) is 11.1 Å². The predicted octanol–water partition coefficient (Wildman–Crippen LogP) is 6.06. The Labute approximate surface area is 256 Å². The molecule has 4 fully saturated rings. The zero-order valence-corrected chi connectivity index (χ0v) is 25.4. The molecule has 0 saturated carbocycles. The Morgan fingerprint density at radius 2 is 1.91 bits per heavy atom. The monoisotopic (exact) mass is 599 g/mol. The minimum absolute atomic E-state index is 0.133. The lowest BCUT2D eigenvalue weighted by Crippen LogP contribution is -2.52. The first-order valence-corrected chi connectivity index (χ1v) is 16.1. The van der Waals surface area contributed by atoms with Crippen LogP contribution >= 0.6 is 0 Å². The number of phenolic OH excluding ortho intramolecular Hbond substituents is 1. The summed E-state index contributed by atoms with van der Waals surface area (Å²) in [6.07, 6.45) is 4.36. The Bertz CT molecular complexity index is 1770. The van der Waals surface area contributed by atoms with Gasteiger partial charge in [-0.2, -0.15) is 9.97 Å². The van der Waals surface area contributed by atoms with E-state index >= 15 is 4.39 Å². The van der Waals surface area contributed by atoms with Crippen LogP contribution in [-0.2, 0) is 6.42 Å². The third-order valence-electron chi connectivity index (χ3n) is 10.7. The normalized spacial score (nSPS) is 26.6. The predicted molar refractivity (Wildman–Crippen MR) is 169 cm³/mol. The van der Waals surface area contributed by atoms with Gasteiger partial charge in [0.1, 0.15) is 30.2 Å². The average molecular weight is 600 g/mol. The third-order valence-corrected chi connectivity index (χ3v) is 10.7. The van der Waals surface area contributed by atoms with Crippen molar-refractivity contribution in [3.05, 3.63) is 53.3 Å². The number of ether oxygens (including phenoxy) is 1. The van der Waals surface area contributed by atoms with Gasteiger partial charge in [-0.1, -0.05) is 19.1 Å². The van der Waals surface area contributed by atoms with Gasteiger partial charge in [-0.25, -0.2) is 8.78 Å². The van der Waals surface area contributed by atoms with E-state index in [0.29, 0.717) is 49.7 Å². The van der Waals surface area contributed by atoms with E-state index in [2.05, 4.69) is 27.2 Å². The molecule has 4 aliphatic rings. The highest BCUT2D eigenvalue weighted by Crippen LogP contribution is 2.44. The van der Waals surface area contributed by atoms with Gasteiger partial charge in [0.2, 0.25) is 0 Å². The Morgan fingerprint density at radius 3 is 2.70 bits per heavy atom. The molecule has 1 aromatic heterocycles. The lowest BCUT2D eigenvalue weighted by Gasteiger charge is -2.37. The number of nitrogens with one attached hydrogen (secondary N) is 1. The summed E-state index contributed by atoms with van der Waals surface area (Å²) in [5, 5.41) is 16.8. The van der Waals surface area contributed by atoms with Crippen molar-refractivity contribution in [3.8, 4) is 22.9 Å². The molecule has 8 rings (SSSR count). The minimum Gasteiger partial charge on any atom is -0.508 e. The molecule has 0 spiro atoms. The summed E-state index contributed by atoms with van der Waals surface area (Å²) < 4.78 is 36.0. The molecule has 230 valence electrons. The van der Waals surface area contributed by atoms with E-state index in [4.69, 9.17) is 14.7 Å². The molecule has 7 nitrogen and oxygen atoms in total. The topological polar surface area (TPSA) is 73.8 Å². The molecule has 4 aromatic rings. The van der Waals surface area contributed by atoms with Crippen molar-refractivity contribution >= 4 is 27.5 Å². The second kappa shape index (κ2) is 10.5. The molecule has 0 amide bonds. The molecule has 2 bridgehead atoms. The van der Waals surface area contributed by atoms with Crippen molar-refractivity contribution in [2.75, 3.05) is 37.7 Å². The first kappa shape index (κ1) is 28.0. The second-order valence-electron chi connectivity index (χ2n) is 13.2. The summed E-state index contributed by atoms with van der Waals surface area (Å²) in [4.78, 5) is 14.8. The van der Waals surface area contributed by atoms with Crippen LogP contribution in [0.2, 0.25) is 0 Å². The van der Waals surface area contributed by atoms with E-state index in [1.165, 1.54) is 6.07 Å². The van der Waals surface area contributed by atoms with E-state index < -0.39 is 6.17 Å². The van der Waals surface area contributed by atoms with Crippen molar-refractivity contribution in [2.24, 2.45) is 0 Å². The summed E-state index contributed by atoms with van der Waals surface area (Å²) in [6.45, 7) is 7.54. The van der Waals surface area contributed by atoms with Gasteiger partial charge in [0.15, 0.2) is 0 Å². The summed E-state index contributed by atoms with van der Waals surface area (Å²) in [5.41, 5.74) is 3.69.